The fourth-order valence-electron chi connectivity index (χ4n) is 3.19. The van der Waals surface area contributed by atoms with Crippen molar-refractivity contribution in [1.29, 1.82) is 0 Å². The number of carbonyl (C=O) groups excluding carboxylic acids is 1. The molecule has 0 aromatic heterocycles. The third-order valence-electron chi connectivity index (χ3n) is 5.06. The minimum atomic E-state index is -4.69. The Bertz CT molecular complexity index is 1220. The van der Waals surface area contributed by atoms with Gasteiger partial charge in [-0.2, -0.15) is 18.3 Å². The molecule has 0 heterocycles. The number of nitrogens with zero attached hydrogens (tertiary/aromatic N) is 1. The monoisotopic (exact) mass is 543 g/mol. The van der Waals surface area contributed by atoms with Gasteiger partial charge in [0.2, 0.25) is 10.0 Å². The zero-order valence-corrected chi connectivity index (χ0v) is 20.7. The van der Waals surface area contributed by atoms with Gasteiger partial charge in [-0.3, -0.25) is 9.59 Å². The van der Waals surface area contributed by atoms with Gasteiger partial charge in [0.1, 0.15) is 6.04 Å². The second kappa shape index (κ2) is 13.1. The van der Waals surface area contributed by atoms with E-state index >= 15 is 0 Å². The topological polar surface area (TPSA) is 163 Å². The highest BCUT2D eigenvalue weighted by Crippen LogP contribution is 2.32. The van der Waals surface area contributed by atoms with Crippen molar-refractivity contribution in [2.24, 2.45) is 10.9 Å². The van der Waals surface area contributed by atoms with Crippen LogP contribution in [0.5, 0.6) is 0 Å². The van der Waals surface area contributed by atoms with Crippen LogP contribution < -0.4 is 21.2 Å². The van der Waals surface area contributed by atoms with E-state index in [4.69, 9.17) is 5.84 Å². The van der Waals surface area contributed by atoms with E-state index in [9.17, 15) is 36.3 Å². The highest BCUT2D eigenvalue weighted by Gasteiger charge is 2.32. The summed E-state index contributed by atoms with van der Waals surface area (Å²) in [6.45, 7) is 1.86. The van der Waals surface area contributed by atoms with E-state index in [1.165, 1.54) is 36.5 Å². The molecule has 202 valence electrons. The standard InChI is InChI=1S/C23H28F3N5O5S/c1-2-3-10-37(35,36)31-20(22(33)34)11-15-4-6-18(7-5-15)30-21(32)16-12-17(23(24,25)26)14-19(13-16)28-8-9-29-27/h4-7,9,12-14,20,28,31H,2-3,8,10-11,27H2,1H3,(H,30,32)(H,33,34)/t20-/m0/s1. The molecule has 10 nitrogen and oxygen atoms in total. The number of carboxylic acid groups (broad SMARTS) is 1. The van der Waals surface area contributed by atoms with Crippen LogP contribution in [0, 0.1) is 0 Å². The first-order chi connectivity index (χ1) is 17.3. The maximum absolute atomic E-state index is 13.3. The van der Waals surface area contributed by atoms with Crippen molar-refractivity contribution in [2.75, 3.05) is 22.9 Å². The molecular formula is C23H28F3N5O5S. The predicted octanol–water partition coefficient (Wildman–Crippen LogP) is 3.03. The molecule has 0 aliphatic heterocycles. The molecule has 0 saturated heterocycles. The van der Waals surface area contributed by atoms with Crippen LogP contribution in [0.25, 0.3) is 0 Å². The molecule has 1 atom stereocenters. The fourth-order valence-corrected chi connectivity index (χ4v) is 4.60. The smallest absolute Gasteiger partial charge is 0.416 e. The second-order valence-electron chi connectivity index (χ2n) is 8.05. The molecule has 14 heteroatoms. The van der Waals surface area contributed by atoms with Gasteiger partial charge in [0.25, 0.3) is 5.91 Å². The zero-order valence-electron chi connectivity index (χ0n) is 19.9. The summed E-state index contributed by atoms with van der Waals surface area (Å²) in [5.74, 6) is 2.64. The van der Waals surface area contributed by atoms with E-state index in [-0.39, 0.29) is 35.7 Å². The molecule has 0 aliphatic rings. The molecule has 6 N–H and O–H groups in total. The summed E-state index contributed by atoms with van der Waals surface area (Å²) in [4.78, 5) is 24.2. The number of unbranched alkanes of at least 4 members (excludes halogenated alkanes) is 1. The summed E-state index contributed by atoms with van der Waals surface area (Å²) in [6, 6.07) is 7.26. The molecule has 0 spiro atoms. The van der Waals surface area contributed by atoms with Gasteiger partial charge in [-0.1, -0.05) is 25.5 Å². The summed E-state index contributed by atoms with van der Waals surface area (Å²) in [5, 5.41) is 17.8. The van der Waals surface area contributed by atoms with E-state index in [1.807, 2.05) is 6.92 Å². The first-order valence-electron chi connectivity index (χ1n) is 11.2. The Hall–Kier alpha value is -3.65. The number of carbonyl (C=O) groups is 2. The Morgan fingerprint density at radius 2 is 1.81 bits per heavy atom. The number of amides is 1. The minimum Gasteiger partial charge on any atom is -0.480 e. The summed E-state index contributed by atoms with van der Waals surface area (Å²) in [6.07, 6.45) is -2.57. The number of benzene rings is 2. The molecule has 0 radical (unpaired) electrons. The quantitative estimate of drug-likeness (QED) is 0.147. The lowest BCUT2D eigenvalue weighted by Gasteiger charge is -2.15. The molecule has 0 aliphatic carbocycles. The molecular weight excluding hydrogens is 515 g/mol. The Morgan fingerprint density at radius 1 is 1.14 bits per heavy atom. The maximum atomic E-state index is 13.3. The SMILES string of the molecule is CCCCS(=O)(=O)N[C@@H](Cc1ccc(NC(=O)c2cc(NCC=NN)cc(C(F)(F)F)c2)cc1)C(=O)O. The number of nitrogens with two attached hydrogens (primary N) is 1. The van der Waals surface area contributed by atoms with Crippen LogP contribution in [0.2, 0.25) is 0 Å². The van der Waals surface area contributed by atoms with Crippen molar-refractivity contribution < 1.29 is 36.3 Å². The zero-order chi connectivity index (χ0) is 27.6. The van der Waals surface area contributed by atoms with Gasteiger partial charge < -0.3 is 21.6 Å². The highest BCUT2D eigenvalue weighted by molar-refractivity contribution is 7.89. The minimum absolute atomic E-state index is 0.0383. The van der Waals surface area contributed by atoms with E-state index in [0.717, 1.165) is 6.07 Å². The number of rotatable bonds is 13. The Balaban J connectivity index is 2.15. The molecule has 1 amide bonds. The third-order valence-corrected chi connectivity index (χ3v) is 6.53. The van der Waals surface area contributed by atoms with Crippen LogP contribution in [0.3, 0.4) is 0 Å². The van der Waals surface area contributed by atoms with Crippen LogP contribution in [0.4, 0.5) is 24.5 Å². The van der Waals surface area contributed by atoms with Crippen molar-refractivity contribution >= 4 is 39.5 Å². The first kappa shape index (κ1) is 29.6. The predicted molar refractivity (Wildman–Crippen MR) is 134 cm³/mol. The van der Waals surface area contributed by atoms with Gasteiger partial charge in [-0.25, -0.2) is 13.1 Å². The summed E-state index contributed by atoms with van der Waals surface area (Å²) in [5.41, 5.74) is -0.527. The van der Waals surface area contributed by atoms with Crippen LogP contribution in [-0.4, -0.2) is 50.0 Å². The number of halogens is 3. The second-order valence-corrected chi connectivity index (χ2v) is 9.92. The number of aliphatic carboxylic acids is 1. The van der Waals surface area contributed by atoms with E-state index < -0.39 is 39.7 Å². The van der Waals surface area contributed by atoms with Crippen molar-refractivity contribution in [2.45, 2.75) is 38.4 Å². The van der Waals surface area contributed by atoms with Gasteiger partial charge >= 0.3 is 12.1 Å². The van der Waals surface area contributed by atoms with Gasteiger partial charge in [-0.15, -0.1) is 0 Å². The van der Waals surface area contributed by atoms with E-state index in [0.29, 0.717) is 24.5 Å². The molecule has 2 aromatic rings. The van der Waals surface area contributed by atoms with Gasteiger partial charge in [0, 0.05) is 23.2 Å². The first-order valence-corrected chi connectivity index (χ1v) is 12.8. The average molecular weight is 544 g/mol. The van der Waals surface area contributed by atoms with Gasteiger partial charge in [0.15, 0.2) is 0 Å². The molecule has 0 saturated carbocycles. The molecule has 0 fully saturated rings. The number of sulfonamides is 1. The van der Waals surface area contributed by atoms with Crippen molar-refractivity contribution in [3.8, 4) is 0 Å². The lowest BCUT2D eigenvalue weighted by molar-refractivity contribution is -0.139. The highest BCUT2D eigenvalue weighted by atomic mass is 32.2. The van der Waals surface area contributed by atoms with E-state index in [2.05, 4.69) is 20.5 Å². The Kier molecular flexibility index (Phi) is 10.4. The number of hydrogen-bond donors (Lipinski definition) is 5. The largest absolute Gasteiger partial charge is 0.480 e. The maximum Gasteiger partial charge on any atom is 0.416 e. The number of carboxylic acids is 1. The summed E-state index contributed by atoms with van der Waals surface area (Å²) < 4.78 is 66.3. The Labute approximate surface area is 212 Å². The summed E-state index contributed by atoms with van der Waals surface area (Å²) >= 11 is 0. The number of hydrogen-bond acceptors (Lipinski definition) is 7. The summed E-state index contributed by atoms with van der Waals surface area (Å²) in [7, 11) is -3.77. The normalized spacial score (nSPS) is 12.9. The number of alkyl halides is 3. The lowest BCUT2D eigenvalue weighted by atomic mass is 10.1. The average Bonchev–Trinajstić information content (AvgIpc) is 2.83. The molecule has 2 aromatic carbocycles. The van der Waals surface area contributed by atoms with Crippen LogP contribution in [-0.2, 0) is 27.4 Å². The molecule has 0 unspecified atom stereocenters. The fraction of sp³-hybridized carbons (Fsp3) is 0.348. The molecule has 2 rings (SSSR count). The van der Waals surface area contributed by atoms with Gasteiger partial charge in [0.05, 0.1) is 17.9 Å². The number of hydrazone groups is 1. The van der Waals surface area contributed by atoms with Gasteiger partial charge in [-0.05, 0) is 48.7 Å². The van der Waals surface area contributed by atoms with Crippen molar-refractivity contribution in [1.82, 2.24) is 4.72 Å². The van der Waals surface area contributed by atoms with Crippen molar-refractivity contribution in [3.63, 3.8) is 0 Å². The molecule has 37 heavy (non-hydrogen) atoms. The van der Waals surface area contributed by atoms with Crippen LogP contribution in [0.15, 0.2) is 47.6 Å². The van der Waals surface area contributed by atoms with Crippen molar-refractivity contribution in [3.05, 3.63) is 59.2 Å². The lowest BCUT2D eigenvalue weighted by Crippen LogP contribution is -2.43. The van der Waals surface area contributed by atoms with Crippen LogP contribution >= 0.6 is 0 Å². The van der Waals surface area contributed by atoms with Crippen LogP contribution in [0.1, 0.15) is 41.3 Å². The third kappa shape index (κ3) is 9.73. The number of nitrogens with one attached hydrogen (secondary N) is 3. The molecule has 0 bridgehead atoms. The van der Waals surface area contributed by atoms with E-state index in [1.54, 1.807) is 0 Å². The number of anilines is 2. The Morgan fingerprint density at radius 3 is 2.38 bits per heavy atom.